The number of aliphatic hydroxyl groups is 1. The zero-order valence-electron chi connectivity index (χ0n) is 22.1. The summed E-state index contributed by atoms with van der Waals surface area (Å²) in [6, 6.07) is 2.44. The maximum atomic E-state index is 15.3. The van der Waals surface area contributed by atoms with E-state index in [0.717, 1.165) is 16.9 Å². The summed E-state index contributed by atoms with van der Waals surface area (Å²) in [4.78, 5) is 44.3. The molecule has 220 valence electrons. The Kier molecular flexibility index (Phi) is 7.21. The van der Waals surface area contributed by atoms with Crippen molar-refractivity contribution in [3.63, 3.8) is 0 Å². The third-order valence-electron chi connectivity index (χ3n) is 8.07. The number of carbonyl (C=O) groups is 2. The van der Waals surface area contributed by atoms with E-state index in [1.807, 2.05) is 0 Å². The molecule has 4 aromatic rings. The quantitative estimate of drug-likeness (QED) is 0.320. The molecule has 14 heteroatoms. The van der Waals surface area contributed by atoms with Gasteiger partial charge in [0.25, 0.3) is 12.0 Å². The fraction of sp³-hybridized carbons (Fsp3) is 0.393. The number of hydrogen-bond acceptors (Lipinski definition) is 7. The highest BCUT2D eigenvalue weighted by molar-refractivity contribution is 7.15. The van der Waals surface area contributed by atoms with E-state index < -0.39 is 47.7 Å². The van der Waals surface area contributed by atoms with Gasteiger partial charge in [-0.15, -0.1) is 16.4 Å². The molecule has 0 radical (unpaired) electrons. The maximum absolute atomic E-state index is 15.3. The summed E-state index contributed by atoms with van der Waals surface area (Å²) >= 11 is 1.17. The van der Waals surface area contributed by atoms with Gasteiger partial charge in [0.05, 0.1) is 40.7 Å². The van der Waals surface area contributed by atoms with Gasteiger partial charge in [-0.05, 0) is 30.9 Å². The molecule has 0 spiro atoms. The van der Waals surface area contributed by atoms with Gasteiger partial charge >= 0.3 is 0 Å². The number of halogens is 4. The first-order chi connectivity index (χ1) is 20.0. The number of carbonyl (C=O) groups excluding carboxylic acids is 2. The maximum Gasteiger partial charge on any atom is 0.262 e. The van der Waals surface area contributed by atoms with Gasteiger partial charge in [0, 0.05) is 48.3 Å². The van der Waals surface area contributed by atoms with E-state index in [2.05, 4.69) is 10.1 Å². The lowest BCUT2D eigenvalue weighted by molar-refractivity contribution is -0.138. The Labute approximate surface area is 240 Å². The van der Waals surface area contributed by atoms with Crippen LogP contribution in [0.3, 0.4) is 0 Å². The van der Waals surface area contributed by atoms with Crippen LogP contribution in [0.25, 0.3) is 21.3 Å². The van der Waals surface area contributed by atoms with Crippen LogP contribution >= 0.6 is 11.3 Å². The Bertz CT molecular complexity index is 1760. The number of rotatable bonds is 7. The van der Waals surface area contributed by atoms with Crippen LogP contribution in [0.15, 0.2) is 40.9 Å². The third-order valence-corrected chi connectivity index (χ3v) is 9.08. The van der Waals surface area contributed by atoms with Crippen molar-refractivity contribution in [1.29, 1.82) is 0 Å². The van der Waals surface area contributed by atoms with Gasteiger partial charge in [-0.3, -0.25) is 23.6 Å². The number of amides is 1. The lowest BCUT2D eigenvalue weighted by atomic mass is 9.91. The molecule has 1 amide bonds. The van der Waals surface area contributed by atoms with E-state index >= 15 is 4.39 Å². The SMILES string of the molecule is O=C1CCc2c1ccc(-c1scc3c(=O)n(CC4(O)CCN(C(=O)CC(C(F)F)n5ccc(F)n5)CC4)cnc13)c2F. The van der Waals surface area contributed by atoms with Crippen LogP contribution in [0.1, 0.15) is 47.6 Å². The summed E-state index contributed by atoms with van der Waals surface area (Å²) in [6.45, 7) is 0.0430. The van der Waals surface area contributed by atoms with Gasteiger partial charge in [-0.1, -0.05) is 6.07 Å². The first kappa shape index (κ1) is 28.2. The number of thiophene rings is 1. The summed E-state index contributed by atoms with van der Waals surface area (Å²) in [6.07, 6.45) is -0.402. The lowest BCUT2D eigenvalue weighted by Gasteiger charge is -2.38. The zero-order chi connectivity index (χ0) is 29.8. The number of aromatic nitrogens is 4. The second kappa shape index (κ2) is 10.7. The molecule has 1 N–H and O–H groups in total. The first-order valence-corrected chi connectivity index (χ1v) is 14.2. The lowest BCUT2D eigenvalue weighted by Crippen LogP contribution is -2.50. The molecular weight excluding hydrogens is 578 g/mol. The fourth-order valence-electron chi connectivity index (χ4n) is 5.70. The molecule has 0 bridgehead atoms. The topological polar surface area (TPSA) is 110 Å². The normalized spacial score (nSPS) is 17.3. The summed E-state index contributed by atoms with van der Waals surface area (Å²) in [7, 11) is 0. The van der Waals surface area contributed by atoms with Crippen LogP contribution in [0.5, 0.6) is 0 Å². The minimum absolute atomic E-state index is 0.0753. The minimum Gasteiger partial charge on any atom is -0.388 e. The van der Waals surface area contributed by atoms with Crippen LogP contribution in [-0.4, -0.2) is 66.1 Å². The summed E-state index contributed by atoms with van der Waals surface area (Å²) in [5.74, 6) is -2.08. The van der Waals surface area contributed by atoms with Gasteiger partial charge in [-0.2, -0.15) is 4.39 Å². The molecule has 6 rings (SSSR count). The van der Waals surface area contributed by atoms with Gasteiger partial charge in [0.1, 0.15) is 11.9 Å². The Morgan fingerprint density at radius 1 is 1.10 bits per heavy atom. The van der Waals surface area contributed by atoms with Crippen molar-refractivity contribution in [3.8, 4) is 10.4 Å². The Morgan fingerprint density at radius 3 is 2.52 bits per heavy atom. The third kappa shape index (κ3) is 5.02. The molecule has 1 atom stereocenters. The zero-order valence-corrected chi connectivity index (χ0v) is 22.9. The molecule has 42 heavy (non-hydrogen) atoms. The van der Waals surface area contributed by atoms with Crippen LogP contribution in [0.2, 0.25) is 0 Å². The molecule has 1 saturated heterocycles. The molecular formula is C28H25F4N5O4S. The smallest absolute Gasteiger partial charge is 0.262 e. The van der Waals surface area contributed by atoms with Crippen molar-refractivity contribution in [2.75, 3.05) is 13.1 Å². The van der Waals surface area contributed by atoms with Gasteiger partial charge < -0.3 is 10.0 Å². The Balaban J connectivity index is 1.15. The molecule has 3 aromatic heterocycles. The fourth-order valence-corrected chi connectivity index (χ4v) is 6.71. The van der Waals surface area contributed by atoms with Crippen LogP contribution in [-0.2, 0) is 17.8 Å². The van der Waals surface area contributed by atoms with Crippen molar-refractivity contribution in [1.82, 2.24) is 24.2 Å². The largest absolute Gasteiger partial charge is 0.388 e. The van der Waals surface area contributed by atoms with Crippen molar-refractivity contribution in [2.24, 2.45) is 0 Å². The number of likely N-dealkylation sites (tertiary alicyclic amines) is 1. The number of fused-ring (bicyclic) bond motifs is 2. The Morgan fingerprint density at radius 2 is 1.83 bits per heavy atom. The average Bonchev–Trinajstić information content (AvgIpc) is 3.68. The molecule has 1 aliphatic heterocycles. The molecule has 1 aliphatic carbocycles. The molecule has 1 unspecified atom stereocenters. The van der Waals surface area contributed by atoms with Gasteiger partial charge in [-0.25, -0.2) is 18.2 Å². The average molecular weight is 604 g/mol. The standard InChI is InChI=1S/C28H25F4N5O4S/c29-21-5-8-37(34-21)19(26(31)32)11-22(39)35-9-6-28(41,7-10-35)13-36-14-33-24-18(27(36)40)12-42-25(24)17-2-1-15-16(23(17)30)3-4-20(15)38/h1-2,5,8,12,14,19,26,41H,3-4,6-7,9-11,13H2. The number of hydrogen-bond donors (Lipinski definition) is 1. The molecule has 1 fully saturated rings. The second-order valence-corrected chi connectivity index (χ2v) is 11.6. The molecule has 4 heterocycles. The Hall–Kier alpha value is -3.91. The van der Waals surface area contributed by atoms with Crippen LogP contribution in [0.4, 0.5) is 17.6 Å². The first-order valence-electron chi connectivity index (χ1n) is 13.4. The van der Waals surface area contributed by atoms with E-state index in [1.54, 1.807) is 11.4 Å². The highest BCUT2D eigenvalue weighted by Gasteiger charge is 2.37. The van der Waals surface area contributed by atoms with Gasteiger partial charge in [0.2, 0.25) is 11.9 Å². The summed E-state index contributed by atoms with van der Waals surface area (Å²) < 4.78 is 57.6. The minimum atomic E-state index is -2.94. The highest BCUT2D eigenvalue weighted by Crippen LogP contribution is 2.38. The molecule has 1 aromatic carbocycles. The predicted octanol–water partition coefficient (Wildman–Crippen LogP) is 3.98. The number of Topliss-reactive ketones (excluding diaryl/α,β-unsaturated/α-hetero) is 1. The van der Waals surface area contributed by atoms with E-state index in [9.17, 15) is 32.7 Å². The van der Waals surface area contributed by atoms with E-state index in [0.29, 0.717) is 27.9 Å². The summed E-state index contributed by atoms with van der Waals surface area (Å²) in [5.41, 5.74) is -0.425. The van der Waals surface area contributed by atoms with Crippen molar-refractivity contribution < 1.29 is 32.3 Å². The number of nitrogens with zero attached hydrogens (tertiary/aromatic N) is 5. The molecule has 0 saturated carbocycles. The molecule has 9 nitrogen and oxygen atoms in total. The van der Waals surface area contributed by atoms with Crippen LogP contribution in [0, 0.1) is 11.8 Å². The van der Waals surface area contributed by atoms with Crippen LogP contribution < -0.4 is 5.56 Å². The van der Waals surface area contributed by atoms with E-state index in [-0.39, 0.29) is 55.6 Å². The summed E-state index contributed by atoms with van der Waals surface area (Å²) in [5, 5.41) is 16.4. The second-order valence-electron chi connectivity index (χ2n) is 10.7. The van der Waals surface area contributed by atoms with E-state index in [1.165, 1.54) is 33.2 Å². The number of benzene rings is 1. The predicted molar refractivity (Wildman–Crippen MR) is 145 cm³/mol. The van der Waals surface area contributed by atoms with Crippen molar-refractivity contribution in [3.05, 3.63) is 69.3 Å². The van der Waals surface area contributed by atoms with E-state index in [4.69, 9.17) is 0 Å². The highest BCUT2D eigenvalue weighted by atomic mass is 32.1. The molecule has 2 aliphatic rings. The van der Waals surface area contributed by atoms with Gasteiger partial charge in [0.15, 0.2) is 5.78 Å². The number of alkyl halides is 2. The van der Waals surface area contributed by atoms with Crippen molar-refractivity contribution in [2.45, 2.75) is 56.7 Å². The monoisotopic (exact) mass is 603 g/mol. The number of piperidine rings is 1. The van der Waals surface area contributed by atoms with Crippen molar-refractivity contribution >= 4 is 33.9 Å². The number of ketones is 1.